The number of rotatable bonds is 5. The third-order valence-corrected chi connectivity index (χ3v) is 5.08. The number of benzene rings is 2. The number of amides is 1. The van der Waals surface area contributed by atoms with Crippen molar-refractivity contribution in [1.29, 1.82) is 0 Å². The fourth-order valence-corrected chi connectivity index (χ4v) is 3.17. The Hall–Kier alpha value is -3.19. The molecule has 1 amide bonds. The van der Waals surface area contributed by atoms with Crippen molar-refractivity contribution in [3.05, 3.63) is 72.4 Å². The van der Waals surface area contributed by atoms with Crippen LogP contribution < -0.4 is 10.1 Å². The van der Waals surface area contributed by atoms with E-state index in [0.29, 0.717) is 22.7 Å². The molecule has 138 valence electrons. The van der Waals surface area contributed by atoms with Gasteiger partial charge in [0.1, 0.15) is 11.4 Å². The normalized spacial score (nSPS) is 11.0. The molecule has 1 aromatic heterocycles. The average Bonchev–Trinajstić information content (AvgIpc) is 2.68. The lowest BCUT2D eigenvalue weighted by Gasteiger charge is -2.09. The summed E-state index contributed by atoms with van der Waals surface area (Å²) in [4.78, 5) is 16.9. The highest BCUT2D eigenvalue weighted by atomic mass is 32.2. The van der Waals surface area contributed by atoms with E-state index >= 15 is 0 Å². The van der Waals surface area contributed by atoms with Crippen molar-refractivity contribution < 1.29 is 17.9 Å². The van der Waals surface area contributed by atoms with Crippen molar-refractivity contribution >= 4 is 21.4 Å². The largest absolute Gasteiger partial charge is 0.494 e. The molecule has 0 fully saturated rings. The molecule has 0 atom stereocenters. The molecule has 0 bridgehead atoms. The first-order valence-electron chi connectivity index (χ1n) is 8.09. The van der Waals surface area contributed by atoms with Crippen LogP contribution in [0.4, 0.5) is 5.69 Å². The van der Waals surface area contributed by atoms with Crippen LogP contribution in [-0.4, -0.2) is 32.7 Å². The monoisotopic (exact) mass is 382 g/mol. The zero-order valence-corrected chi connectivity index (χ0v) is 15.7. The minimum atomic E-state index is -3.27. The summed E-state index contributed by atoms with van der Waals surface area (Å²) in [5.74, 6) is 0.363. The summed E-state index contributed by atoms with van der Waals surface area (Å²) in [5.41, 5.74) is 2.52. The summed E-state index contributed by atoms with van der Waals surface area (Å²) >= 11 is 0. The number of pyridine rings is 1. The second-order valence-electron chi connectivity index (χ2n) is 5.88. The number of ether oxygens (including phenoxy) is 1. The van der Waals surface area contributed by atoms with E-state index in [-0.39, 0.29) is 10.8 Å². The van der Waals surface area contributed by atoms with Crippen LogP contribution in [0.25, 0.3) is 11.3 Å². The Morgan fingerprint density at radius 1 is 1.00 bits per heavy atom. The van der Waals surface area contributed by atoms with Gasteiger partial charge in [0.25, 0.3) is 5.91 Å². The van der Waals surface area contributed by atoms with E-state index in [0.717, 1.165) is 11.8 Å². The Bertz CT molecular complexity index is 1060. The summed E-state index contributed by atoms with van der Waals surface area (Å²) in [6.45, 7) is 0. The van der Waals surface area contributed by atoms with Gasteiger partial charge in [-0.3, -0.25) is 9.78 Å². The van der Waals surface area contributed by atoms with Gasteiger partial charge in [-0.2, -0.15) is 0 Å². The van der Waals surface area contributed by atoms with E-state index in [1.807, 2.05) is 6.07 Å². The summed E-state index contributed by atoms with van der Waals surface area (Å²) in [6, 6.07) is 16.6. The molecule has 0 spiro atoms. The summed E-state index contributed by atoms with van der Waals surface area (Å²) in [5, 5.41) is 2.74. The fourth-order valence-electron chi connectivity index (χ4n) is 2.54. The first kappa shape index (κ1) is 18.6. The van der Waals surface area contributed by atoms with Gasteiger partial charge in [-0.1, -0.05) is 12.1 Å². The van der Waals surface area contributed by atoms with Crippen LogP contribution in [0.15, 0.2) is 71.8 Å². The predicted molar refractivity (Wildman–Crippen MR) is 104 cm³/mol. The van der Waals surface area contributed by atoms with Crippen LogP contribution >= 0.6 is 0 Å². The standard InChI is InChI=1S/C20H18N2O4S/c1-26-18-4-3-13-21-19(18)14-5-7-15(8-6-14)20(23)22-16-9-11-17(12-10-16)27(2,24)25/h3-13H,1-2H3,(H,22,23). The van der Waals surface area contributed by atoms with Gasteiger partial charge in [-0.25, -0.2) is 8.42 Å². The van der Waals surface area contributed by atoms with Gasteiger partial charge in [-0.05, 0) is 48.5 Å². The molecule has 1 heterocycles. The Balaban J connectivity index is 1.76. The molecule has 2 aromatic carbocycles. The van der Waals surface area contributed by atoms with Crippen molar-refractivity contribution in [2.24, 2.45) is 0 Å². The van der Waals surface area contributed by atoms with Gasteiger partial charge in [0, 0.05) is 29.3 Å². The Morgan fingerprint density at radius 2 is 1.67 bits per heavy atom. The maximum Gasteiger partial charge on any atom is 0.255 e. The molecule has 3 aromatic rings. The SMILES string of the molecule is COc1cccnc1-c1ccc(C(=O)Nc2ccc(S(C)(=O)=O)cc2)cc1. The van der Waals surface area contributed by atoms with E-state index in [1.54, 1.807) is 55.8 Å². The minimum absolute atomic E-state index is 0.203. The average molecular weight is 382 g/mol. The van der Waals surface area contributed by atoms with Crippen LogP contribution in [0.5, 0.6) is 5.75 Å². The highest BCUT2D eigenvalue weighted by molar-refractivity contribution is 7.90. The molecule has 0 saturated heterocycles. The van der Waals surface area contributed by atoms with E-state index in [1.165, 1.54) is 12.1 Å². The molecule has 7 heteroatoms. The zero-order valence-electron chi connectivity index (χ0n) is 14.8. The molecule has 27 heavy (non-hydrogen) atoms. The predicted octanol–water partition coefficient (Wildman–Crippen LogP) is 3.41. The number of anilines is 1. The van der Waals surface area contributed by atoms with Gasteiger partial charge in [-0.15, -0.1) is 0 Å². The number of sulfone groups is 1. The molecule has 3 rings (SSSR count). The van der Waals surface area contributed by atoms with E-state index < -0.39 is 9.84 Å². The molecule has 0 unspecified atom stereocenters. The number of hydrogen-bond acceptors (Lipinski definition) is 5. The number of hydrogen-bond donors (Lipinski definition) is 1. The molecule has 1 N–H and O–H groups in total. The third-order valence-electron chi connectivity index (χ3n) is 3.95. The lowest BCUT2D eigenvalue weighted by molar-refractivity contribution is 0.102. The van der Waals surface area contributed by atoms with E-state index in [4.69, 9.17) is 4.74 Å². The topological polar surface area (TPSA) is 85.4 Å². The van der Waals surface area contributed by atoms with E-state index in [9.17, 15) is 13.2 Å². The molecule has 0 saturated carbocycles. The Labute approximate surface area is 157 Å². The van der Waals surface area contributed by atoms with Crippen LogP contribution in [0.2, 0.25) is 0 Å². The number of carbonyl (C=O) groups excluding carboxylic acids is 1. The molecule has 0 aliphatic carbocycles. The van der Waals surface area contributed by atoms with Gasteiger partial charge in [0.2, 0.25) is 0 Å². The number of nitrogens with one attached hydrogen (secondary N) is 1. The summed E-state index contributed by atoms with van der Waals surface area (Å²) in [7, 11) is -1.69. The maximum absolute atomic E-state index is 12.4. The van der Waals surface area contributed by atoms with E-state index in [2.05, 4.69) is 10.3 Å². The summed E-state index contributed by atoms with van der Waals surface area (Å²) < 4.78 is 28.3. The maximum atomic E-state index is 12.4. The molecule has 0 radical (unpaired) electrons. The van der Waals surface area contributed by atoms with Crippen LogP contribution in [0, 0.1) is 0 Å². The molecular formula is C20H18N2O4S. The molecule has 0 aliphatic rings. The van der Waals surface area contributed by atoms with Crippen LogP contribution in [0.3, 0.4) is 0 Å². The minimum Gasteiger partial charge on any atom is -0.494 e. The lowest BCUT2D eigenvalue weighted by atomic mass is 10.1. The van der Waals surface area contributed by atoms with Gasteiger partial charge in [0.15, 0.2) is 9.84 Å². The quantitative estimate of drug-likeness (QED) is 0.731. The number of methoxy groups -OCH3 is 1. The van der Waals surface area contributed by atoms with Gasteiger partial charge < -0.3 is 10.1 Å². The number of nitrogens with zero attached hydrogens (tertiary/aromatic N) is 1. The first-order valence-corrected chi connectivity index (χ1v) is 9.98. The van der Waals surface area contributed by atoms with Crippen molar-refractivity contribution in [2.75, 3.05) is 18.7 Å². The smallest absolute Gasteiger partial charge is 0.255 e. The molecule has 6 nitrogen and oxygen atoms in total. The van der Waals surface area contributed by atoms with Crippen molar-refractivity contribution in [2.45, 2.75) is 4.90 Å². The number of carbonyl (C=O) groups is 1. The van der Waals surface area contributed by atoms with Crippen molar-refractivity contribution in [3.8, 4) is 17.0 Å². The second kappa shape index (κ2) is 7.59. The zero-order chi connectivity index (χ0) is 19.4. The third kappa shape index (κ3) is 4.32. The van der Waals surface area contributed by atoms with Crippen molar-refractivity contribution in [3.63, 3.8) is 0 Å². The molecular weight excluding hydrogens is 364 g/mol. The molecule has 0 aliphatic heterocycles. The summed E-state index contributed by atoms with van der Waals surface area (Å²) in [6.07, 6.45) is 2.82. The second-order valence-corrected chi connectivity index (χ2v) is 7.90. The number of aromatic nitrogens is 1. The van der Waals surface area contributed by atoms with Crippen LogP contribution in [0.1, 0.15) is 10.4 Å². The van der Waals surface area contributed by atoms with Gasteiger partial charge in [0.05, 0.1) is 12.0 Å². The Kier molecular flexibility index (Phi) is 5.23. The van der Waals surface area contributed by atoms with Crippen LogP contribution in [-0.2, 0) is 9.84 Å². The lowest BCUT2D eigenvalue weighted by Crippen LogP contribution is -2.11. The fraction of sp³-hybridized carbons (Fsp3) is 0.100. The highest BCUT2D eigenvalue weighted by Gasteiger charge is 2.11. The first-order chi connectivity index (χ1) is 12.9. The van der Waals surface area contributed by atoms with Crippen molar-refractivity contribution in [1.82, 2.24) is 4.98 Å². The Morgan fingerprint density at radius 3 is 2.26 bits per heavy atom. The highest BCUT2D eigenvalue weighted by Crippen LogP contribution is 2.27. The van der Waals surface area contributed by atoms with Gasteiger partial charge >= 0.3 is 0 Å².